The van der Waals surface area contributed by atoms with Crippen LogP contribution >= 0.6 is 0 Å². The number of rotatable bonds is 4. The van der Waals surface area contributed by atoms with Crippen LogP contribution in [-0.2, 0) is 23.8 Å². The van der Waals surface area contributed by atoms with E-state index in [4.69, 9.17) is 5.10 Å². The summed E-state index contributed by atoms with van der Waals surface area (Å²) < 4.78 is 41.1. The average Bonchev–Trinajstić information content (AvgIpc) is 3.73. The molecule has 11 heteroatoms. The lowest BCUT2D eigenvalue weighted by molar-refractivity contribution is -0.141. The first kappa shape index (κ1) is 25.1. The highest BCUT2D eigenvalue weighted by Crippen LogP contribution is 2.41. The molecule has 1 N–H and O–H groups in total. The number of benzene rings is 1. The highest BCUT2D eigenvalue weighted by molar-refractivity contribution is 5.94. The molecule has 4 heterocycles. The van der Waals surface area contributed by atoms with Gasteiger partial charge in [0.15, 0.2) is 0 Å². The maximum atomic E-state index is 13.6. The van der Waals surface area contributed by atoms with Crippen LogP contribution in [0.1, 0.15) is 63.4 Å². The highest BCUT2D eigenvalue weighted by atomic mass is 19.4. The predicted octanol–water partition coefficient (Wildman–Crippen LogP) is 3.77. The molecule has 3 aromatic rings. The number of pyridine rings is 1. The first-order valence-corrected chi connectivity index (χ1v) is 12.9. The van der Waals surface area contributed by atoms with Crippen molar-refractivity contribution in [3.63, 3.8) is 0 Å². The smallest absolute Gasteiger partial charge is 0.336 e. The quantitative estimate of drug-likeness (QED) is 0.513. The van der Waals surface area contributed by atoms with Gasteiger partial charge in [-0.3, -0.25) is 14.4 Å². The van der Waals surface area contributed by atoms with Crippen LogP contribution in [0.3, 0.4) is 0 Å². The third-order valence-electron chi connectivity index (χ3n) is 7.79. The molecular weight excluding hydrogens is 511 g/mol. The van der Waals surface area contributed by atoms with Crippen molar-refractivity contribution in [1.29, 1.82) is 0 Å². The second-order valence-electron chi connectivity index (χ2n) is 10.2. The van der Waals surface area contributed by atoms with E-state index in [-0.39, 0.29) is 24.6 Å². The molecular formula is C28H26F3N5O3. The van der Waals surface area contributed by atoms with Crippen molar-refractivity contribution in [3.8, 4) is 5.69 Å². The Balaban J connectivity index is 1.39. The number of carbonyl (C=O) groups is 2. The summed E-state index contributed by atoms with van der Waals surface area (Å²) in [4.78, 5) is 43.6. The van der Waals surface area contributed by atoms with E-state index in [9.17, 15) is 27.6 Å². The number of nitrogens with one attached hydrogen (secondary N) is 1. The number of aromatic amines is 1. The van der Waals surface area contributed by atoms with Gasteiger partial charge in [0, 0.05) is 38.0 Å². The van der Waals surface area contributed by atoms with E-state index >= 15 is 0 Å². The summed E-state index contributed by atoms with van der Waals surface area (Å²) in [6.45, 7) is 4.31. The molecule has 0 unspecified atom stereocenters. The molecule has 1 fully saturated rings. The lowest BCUT2D eigenvalue weighted by Crippen LogP contribution is -2.47. The number of alkyl halides is 3. The summed E-state index contributed by atoms with van der Waals surface area (Å²) in [5.41, 5.74) is 1.98. The van der Waals surface area contributed by atoms with Gasteiger partial charge in [0.05, 0.1) is 23.1 Å². The molecule has 0 saturated heterocycles. The highest BCUT2D eigenvalue weighted by Gasteiger charge is 2.41. The Morgan fingerprint density at radius 2 is 1.79 bits per heavy atom. The zero-order valence-electron chi connectivity index (χ0n) is 21.0. The molecule has 202 valence electrons. The van der Waals surface area contributed by atoms with Gasteiger partial charge in [-0.2, -0.15) is 18.3 Å². The molecule has 1 aliphatic carbocycles. The predicted molar refractivity (Wildman–Crippen MR) is 136 cm³/mol. The lowest BCUT2D eigenvalue weighted by Gasteiger charge is -2.37. The van der Waals surface area contributed by atoms with Crippen molar-refractivity contribution in [2.24, 2.45) is 0 Å². The average molecular weight is 538 g/mol. The molecule has 2 amide bonds. The van der Waals surface area contributed by atoms with Crippen LogP contribution in [0, 0.1) is 0 Å². The van der Waals surface area contributed by atoms with Crippen molar-refractivity contribution in [3.05, 3.63) is 93.2 Å². The normalized spacial score (nSPS) is 18.9. The monoisotopic (exact) mass is 537 g/mol. The van der Waals surface area contributed by atoms with E-state index in [1.165, 1.54) is 29.4 Å². The van der Waals surface area contributed by atoms with Gasteiger partial charge in [-0.1, -0.05) is 18.7 Å². The minimum atomic E-state index is -4.74. The first-order valence-electron chi connectivity index (χ1n) is 12.9. The number of carbonyl (C=O) groups excluding carboxylic acids is 2. The van der Waals surface area contributed by atoms with E-state index in [0.29, 0.717) is 31.4 Å². The van der Waals surface area contributed by atoms with E-state index in [1.807, 2.05) is 16.8 Å². The fraction of sp³-hybridized carbons (Fsp3) is 0.357. The van der Waals surface area contributed by atoms with Gasteiger partial charge in [-0.15, -0.1) is 0 Å². The van der Waals surface area contributed by atoms with Gasteiger partial charge < -0.3 is 14.8 Å². The maximum Gasteiger partial charge on any atom is 0.431 e. The Morgan fingerprint density at radius 1 is 1.05 bits per heavy atom. The zero-order valence-corrected chi connectivity index (χ0v) is 21.0. The van der Waals surface area contributed by atoms with Crippen molar-refractivity contribution in [2.75, 3.05) is 19.6 Å². The van der Waals surface area contributed by atoms with Gasteiger partial charge in [0.1, 0.15) is 11.3 Å². The van der Waals surface area contributed by atoms with Gasteiger partial charge in [0.25, 0.3) is 11.5 Å². The summed E-state index contributed by atoms with van der Waals surface area (Å²) >= 11 is 0. The molecule has 2 aliphatic heterocycles. The molecule has 0 radical (unpaired) electrons. The third kappa shape index (κ3) is 4.45. The van der Waals surface area contributed by atoms with E-state index in [0.717, 1.165) is 28.7 Å². The van der Waals surface area contributed by atoms with Crippen LogP contribution in [0.4, 0.5) is 13.2 Å². The van der Waals surface area contributed by atoms with Crippen molar-refractivity contribution in [2.45, 2.75) is 43.8 Å². The van der Waals surface area contributed by atoms with Crippen molar-refractivity contribution >= 4 is 11.8 Å². The maximum absolute atomic E-state index is 13.6. The Labute approximate surface area is 221 Å². The number of nitrogens with zero attached hydrogens (tertiary/aromatic N) is 4. The molecule has 6 rings (SSSR count). The molecule has 0 bridgehead atoms. The van der Waals surface area contributed by atoms with E-state index in [1.54, 1.807) is 9.88 Å². The van der Waals surface area contributed by atoms with Crippen LogP contribution in [0.2, 0.25) is 0 Å². The van der Waals surface area contributed by atoms with E-state index in [2.05, 4.69) is 18.7 Å². The first-order chi connectivity index (χ1) is 18.7. The fourth-order valence-corrected chi connectivity index (χ4v) is 5.65. The molecule has 39 heavy (non-hydrogen) atoms. The molecule has 1 aromatic carbocycles. The Hall–Kier alpha value is -4.15. The number of hydrogen-bond acceptors (Lipinski definition) is 4. The van der Waals surface area contributed by atoms with E-state index < -0.39 is 29.4 Å². The largest absolute Gasteiger partial charge is 0.431 e. The number of H-pyrrole nitrogens is 1. The number of amides is 2. The van der Waals surface area contributed by atoms with Crippen LogP contribution in [-0.4, -0.2) is 56.0 Å². The summed E-state index contributed by atoms with van der Waals surface area (Å²) in [6.07, 6.45) is -0.228. The summed E-state index contributed by atoms with van der Waals surface area (Å²) in [5, 5.41) is 4.90. The third-order valence-corrected chi connectivity index (χ3v) is 7.79. The summed E-state index contributed by atoms with van der Waals surface area (Å²) in [6, 6.07) is 9.29. The second-order valence-corrected chi connectivity index (χ2v) is 10.2. The topological polar surface area (TPSA) is 91.3 Å². The molecule has 0 spiro atoms. The Morgan fingerprint density at radius 3 is 2.44 bits per heavy atom. The van der Waals surface area contributed by atoms with Crippen molar-refractivity contribution in [1.82, 2.24) is 24.6 Å². The Bertz CT molecular complexity index is 1540. The number of halogens is 3. The summed E-state index contributed by atoms with van der Waals surface area (Å²) in [5.74, 6) is -0.367. The molecule has 1 atom stereocenters. The van der Waals surface area contributed by atoms with Gasteiger partial charge in [-0.05, 0) is 54.7 Å². The minimum absolute atomic E-state index is 0.154. The van der Waals surface area contributed by atoms with Crippen LogP contribution in [0.25, 0.3) is 5.69 Å². The molecule has 3 aliphatic rings. The zero-order chi connectivity index (χ0) is 27.5. The molecule has 2 aromatic heterocycles. The fourth-order valence-electron chi connectivity index (χ4n) is 5.65. The van der Waals surface area contributed by atoms with Crippen LogP contribution in [0.15, 0.2) is 53.8 Å². The van der Waals surface area contributed by atoms with Gasteiger partial charge in [-0.25, -0.2) is 4.68 Å². The minimum Gasteiger partial charge on any atom is -0.336 e. The number of hydrogen-bond donors (Lipinski definition) is 1. The Kier molecular flexibility index (Phi) is 5.96. The second kappa shape index (κ2) is 9.25. The molecule has 1 saturated carbocycles. The SMILES string of the molecule is C=CC(=O)N1CCc2nn(-c3ccc(C4CC4)cc3)c3c2[C@@H](C1)N(C(=O)c1ccc(C(F)(F)F)[nH]c1=O)CC3. The van der Waals surface area contributed by atoms with Gasteiger partial charge >= 0.3 is 6.18 Å². The van der Waals surface area contributed by atoms with Crippen LogP contribution < -0.4 is 5.56 Å². The van der Waals surface area contributed by atoms with Crippen LogP contribution in [0.5, 0.6) is 0 Å². The standard InChI is InChI=1S/C28H26F3N5O3/c1-2-24(37)34-13-11-20-25-21(36(33-20)18-7-5-17(6-8-18)16-3-4-16)12-14-35(22(25)15-34)27(39)19-9-10-23(28(29,30)31)32-26(19)38/h2,5-10,16,22H,1,3-4,11-15H2,(H,32,38)/t22-/m1/s1. The lowest BCUT2D eigenvalue weighted by atomic mass is 9.95. The molecule has 8 nitrogen and oxygen atoms in total. The number of aromatic nitrogens is 3. The van der Waals surface area contributed by atoms with Crippen molar-refractivity contribution < 1.29 is 22.8 Å². The summed E-state index contributed by atoms with van der Waals surface area (Å²) in [7, 11) is 0. The van der Waals surface area contributed by atoms with Gasteiger partial charge in [0.2, 0.25) is 5.91 Å².